The van der Waals surface area contributed by atoms with Crippen molar-refractivity contribution < 1.29 is 27.5 Å². The maximum atomic E-state index is 13.7. The molecule has 3 rings (SSSR count). The fourth-order valence-corrected chi connectivity index (χ4v) is 3.28. The number of imide groups is 1. The third-order valence-corrected chi connectivity index (χ3v) is 5.20. The second kappa shape index (κ2) is 9.50. The fraction of sp³-hybridized carbons (Fsp3) is 0.0909. The number of amides is 3. The zero-order chi connectivity index (χ0) is 23.6. The quantitative estimate of drug-likeness (QED) is 0.430. The molecule has 0 atom stereocenters. The molecule has 2 N–H and O–H groups in total. The van der Waals surface area contributed by atoms with E-state index >= 15 is 0 Å². The van der Waals surface area contributed by atoms with Gasteiger partial charge in [-0.2, -0.15) is 0 Å². The van der Waals surface area contributed by atoms with Gasteiger partial charge < -0.3 is 10.1 Å². The Hall–Kier alpha value is -3.23. The third kappa shape index (κ3) is 4.98. The number of anilines is 1. The Morgan fingerprint density at radius 3 is 2.22 bits per heavy atom. The Kier molecular flexibility index (Phi) is 6.96. The van der Waals surface area contributed by atoms with Gasteiger partial charge in [-0.25, -0.2) is 18.0 Å². The number of urea groups is 1. The van der Waals surface area contributed by atoms with Gasteiger partial charge in [-0.05, 0) is 61.4 Å². The van der Waals surface area contributed by atoms with Crippen LogP contribution < -0.4 is 15.4 Å². The molecule has 0 bridgehead atoms. The van der Waals surface area contributed by atoms with Crippen molar-refractivity contribution in [1.82, 2.24) is 5.32 Å². The van der Waals surface area contributed by atoms with Crippen LogP contribution in [0.2, 0.25) is 10.0 Å². The number of carbonyl (C=O) groups excluding carboxylic acids is 2. The van der Waals surface area contributed by atoms with Gasteiger partial charge in [-0.15, -0.1) is 0 Å². The van der Waals surface area contributed by atoms with E-state index < -0.39 is 35.0 Å². The average molecular weight is 483 g/mol. The van der Waals surface area contributed by atoms with Gasteiger partial charge in [0.15, 0.2) is 0 Å². The summed E-state index contributed by atoms with van der Waals surface area (Å²) in [7, 11) is 0. The van der Waals surface area contributed by atoms with Crippen LogP contribution in [0.5, 0.6) is 11.5 Å². The molecule has 166 valence electrons. The molecule has 0 spiro atoms. The van der Waals surface area contributed by atoms with Gasteiger partial charge in [0.05, 0.1) is 10.0 Å². The van der Waals surface area contributed by atoms with Gasteiger partial charge in [0.25, 0.3) is 5.91 Å². The first-order valence-corrected chi connectivity index (χ1v) is 9.83. The minimum atomic E-state index is -1.24. The van der Waals surface area contributed by atoms with Crippen molar-refractivity contribution in [2.75, 3.05) is 5.32 Å². The molecule has 0 aliphatic heterocycles. The Bertz CT molecular complexity index is 1220. The zero-order valence-corrected chi connectivity index (χ0v) is 18.2. The molecule has 0 unspecified atom stereocenters. The van der Waals surface area contributed by atoms with Crippen LogP contribution in [0.4, 0.5) is 23.7 Å². The second-order valence-electron chi connectivity index (χ2n) is 6.69. The molecule has 0 fully saturated rings. The Morgan fingerprint density at radius 1 is 0.938 bits per heavy atom. The lowest BCUT2D eigenvalue weighted by Crippen LogP contribution is -2.35. The van der Waals surface area contributed by atoms with Crippen LogP contribution in [-0.2, 0) is 0 Å². The maximum absolute atomic E-state index is 13.7. The van der Waals surface area contributed by atoms with E-state index in [4.69, 9.17) is 27.9 Å². The highest BCUT2D eigenvalue weighted by atomic mass is 35.5. The number of nitrogens with one attached hydrogen (secondary N) is 2. The van der Waals surface area contributed by atoms with Crippen LogP contribution in [0.1, 0.15) is 21.5 Å². The molecule has 5 nitrogen and oxygen atoms in total. The molecule has 3 aromatic rings. The molecule has 32 heavy (non-hydrogen) atoms. The number of hydrogen-bond donors (Lipinski definition) is 2. The van der Waals surface area contributed by atoms with E-state index in [2.05, 4.69) is 5.32 Å². The van der Waals surface area contributed by atoms with Crippen molar-refractivity contribution in [2.45, 2.75) is 13.8 Å². The van der Waals surface area contributed by atoms with Gasteiger partial charge in [0.2, 0.25) is 0 Å². The van der Waals surface area contributed by atoms with Crippen molar-refractivity contribution in [3.63, 3.8) is 0 Å². The summed E-state index contributed by atoms with van der Waals surface area (Å²) < 4.78 is 46.4. The van der Waals surface area contributed by atoms with E-state index in [1.54, 1.807) is 13.8 Å². The summed E-state index contributed by atoms with van der Waals surface area (Å²) in [5.41, 5.74) is 0.264. The van der Waals surface area contributed by atoms with E-state index in [0.29, 0.717) is 11.1 Å². The van der Waals surface area contributed by atoms with Crippen LogP contribution in [0.25, 0.3) is 0 Å². The van der Waals surface area contributed by atoms with Gasteiger partial charge in [-0.1, -0.05) is 29.3 Å². The average Bonchev–Trinajstić information content (AvgIpc) is 2.71. The number of benzene rings is 3. The summed E-state index contributed by atoms with van der Waals surface area (Å²) >= 11 is 12.3. The first-order chi connectivity index (χ1) is 15.1. The number of aryl methyl sites for hydroxylation is 1. The normalized spacial score (nSPS) is 10.6. The molecule has 3 aromatic carbocycles. The summed E-state index contributed by atoms with van der Waals surface area (Å²) in [6.07, 6.45) is 0. The fourth-order valence-electron chi connectivity index (χ4n) is 2.89. The summed E-state index contributed by atoms with van der Waals surface area (Å²) in [6, 6.07) is 6.97. The highest BCUT2D eigenvalue weighted by Gasteiger charge is 2.21. The van der Waals surface area contributed by atoms with Crippen LogP contribution in [-0.4, -0.2) is 11.9 Å². The van der Waals surface area contributed by atoms with Gasteiger partial charge in [0.1, 0.15) is 34.5 Å². The number of hydrogen-bond acceptors (Lipinski definition) is 3. The molecule has 0 radical (unpaired) electrons. The van der Waals surface area contributed by atoms with Gasteiger partial charge in [-0.3, -0.25) is 10.1 Å². The molecular formula is C22H15Cl2F3N2O3. The molecule has 0 heterocycles. The van der Waals surface area contributed by atoms with Gasteiger partial charge in [0, 0.05) is 5.69 Å². The van der Waals surface area contributed by atoms with Crippen molar-refractivity contribution in [3.05, 3.63) is 86.7 Å². The summed E-state index contributed by atoms with van der Waals surface area (Å²) in [4.78, 5) is 24.4. The monoisotopic (exact) mass is 482 g/mol. The van der Waals surface area contributed by atoms with E-state index in [0.717, 1.165) is 24.3 Å². The number of ether oxygens (including phenoxy) is 1. The molecular weight excluding hydrogens is 468 g/mol. The lowest BCUT2D eigenvalue weighted by Gasteiger charge is -2.17. The maximum Gasteiger partial charge on any atom is 0.326 e. The molecule has 3 amide bonds. The molecule has 0 aliphatic rings. The predicted molar refractivity (Wildman–Crippen MR) is 115 cm³/mol. The van der Waals surface area contributed by atoms with Gasteiger partial charge >= 0.3 is 6.03 Å². The first kappa shape index (κ1) is 23.4. The summed E-state index contributed by atoms with van der Waals surface area (Å²) in [5, 5.41) is 4.47. The third-order valence-electron chi connectivity index (χ3n) is 4.43. The lowest BCUT2D eigenvalue weighted by atomic mass is 10.1. The zero-order valence-electron chi connectivity index (χ0n) is 16.7. The largest absolute Gasteiger partial charge is 0.454 e. The van der Waals surface area contributed by atoms with E-state index in [1.807, 2.05) is 5.32 Å². The van der Waals surface area contributed by atoms with Crippen molar-refractivity contribution in [3.8, 4) is 11.5 Å². The lowest BCUT2D eigenvalue weighted by molar-refractivity contribution is 0.0959. The van der Waals surface area contributed by atoms with E-state index in [9.17, 15) is 22.8 Å². The second-order valence-corrected chi connectivity index (χ2v) is 7.47. The Labute approximate surface area is 191 Å². The highest BCUT2D eigenvalue weighted by Crippen LogP contribution is 2.39. The van der Waals surface area contributed by atoms with E-state index in [-0.39, 0.29) is 27.2 Å². The topological polar surface area (TPSA) is 67.4 Å². The molecule has 0 aromatic heterocycles. The minimum absolute atomic E-state index is 0.0387. The van der Waals surface area contributed by atoms with Crippen LogP contribution >= 0.6 is 23.2 Å². The summed E-state index contributed by atoms with van der Waals surface area (Å²) in [5.74, 6) is -3.62. The van der Waals surface area contributed by atoms with Crippen LogP contribution in [0.3, 0.4) is 0 Å². The van der Waals surface area contributed by atoms with Crippen LogP contribution in [0.15, 0.2) is 42.5 Å². The number of carbonyl (C=O) groups is 2. The van der Waals surface area contributed by atoms with E-state index in [1.165, 1.54) is 18.2 Å². The van der Waals surface area contributed by atoms with Crippen molar-refractivity contribution in [2.24, 2.45) is 0 Å². The standard InChI is InChI=1S/C22H15Cl2F3N2O3/c1-10-8-17(32-16-7-6-12(25)9-13(16)23)19(24)11(2)20(10)28-22(31)29-21(30)18-14(26)4-3-5-15(18)27/h3-9H,1-2H3,(H2,28,29,30,31). The number of halogens is 5. The smallest absolute Gasteiger partial charge is 0.326 e. The van der Waals surface area contributed by atoms with Crippen LogP contribution in [0, 0.1) is 31.3 Å². The SMILES string of the molecule is Cc1cc(Oc2ccc(F)cc2Cl)c(Cl)c(C)c1NC(=O)NC(=O)c1c(F)cccc1F. The molecule has 0 aliphatic carbocycles. The Morgan fingerprint density at radius 2 is 1.59 bits per heavy atom. The number of rotatable bonds is 4. The molecule has 10 heteroatoms. The minimum Gasteiger partial charge on any atom is -0.454 e. The molecule has 0 saturated heterocycles. The highest BCUT2D eigenvalue weighted by molar-refractivity contribution is 6.33. The van der Waals surface area contributed by atoms with Crippen molar-refractivity contribution in [1.29, 1.82) is 0 Å². The summed E-state index contributed by atoms with van der Waals surface area (Å²) in [6.45, 7) is 3.22. The predicted octanol–water partition coefficient (Wildman–Crippen LogP) is 6.78. The molecule has 0 saturated carbocycles. The first-order valence-electron chi connectivity index (χ1n) is 9.07. The van der Waals surface area contributed by atoms with Crippen molar-refractivity contribution >= 4 is 40.8 Å². The Balaban J connectivity index is 1.81.